The molecule has 6 nitrogen and oxygen atoms in total. The number of thiazole rings is 1. The van der Waals surface area contributed by atoms with Gasteiger partial charge in [0.15, 0.2) is 5.13 Å². The van der Waals surface area contributed by atoms with Crippen LogP contribution < -0.4 is 10.0 Å². The molecule has 0 aliphatic heterocycles. The number of hydrogen-bond donors (Lipinski definition) is 2. The van der Waals surface area contributed by atoms with Crippen LogP contribution in [0.2, 0.25) is 0 Å². The first-order chi connectivity index (χ1) is 14.8. The molecule has 0 atom stereocenters. The number of carbonyl (C=O) groups excluding carboxylic acids is 1. The molecule has 0 spiro atoms. The third-order valence-electron chi connectivity index (χ3n) is 4.17. The minimum Gasteiger partial charge on any atom is -0.297 e. The van der Waals surface area contributed by atoms with E-state index in [1.165, 1.54) is 34.8 Å². The van der Waals surface area contributed by atoms with Gasteiger partial charge in [0.05, 0.1) is 16.8 Å². The molecule has 2 heterocycles. The number of benzene rings is 2. The Hall–Kier alpha value is -3.08. The first-order valence-electron chi connectivity index (χ1n) is 8.98. The average Bonchev–Trinajstić information content (AvgIpc) is 3.38. The standard InChI is InChI=1S/C21H16FN3O3S3/c1-31(27,28)25-16-8-4-13(5-9-16)17-12-29-21(23-17)24-20(26)19-11-10-18(30-19)14-2-6-15(22)7-3-14/h2-12,25H,1H3,(H,23,24,26). The van der Waals surface area contributed by atoms with Crippen molar-refractivity contribution in [3.05, 3.63) is 76.7 Å². The zero-order valence-electron chi connectivity index (χ0n) is 16.1. The molecule has 1 amide bonds. The lowest BCUT2D eigenvalue weighted by Gasteiger charge is -2.04. The third kappa shape index (κ3) is 5.35. The van der Waals surface area contributed by atoms with Crippen LogP contribution in [0.1, 0.15) is 9.67 Å². The Kier molecular flexibility index (Phi) is 5.86. The SMILES string of the molecule is CS(=O)(=O)Nc1ccc(-c2csc(NC(=O)c3ccc(-c4ccc(F)cc4)s3)n2)cc1. The molecule has 4 rings (SSSR count). The van der Waals surface area contributed by atoms with Crippen molar-refractivity contribution in [2.75, 3.05) is 16.3 Å². The van der Waals surface area contributed by atoms with Gasteiger partial charge in [-0.1, -0.05) is 24.3 Å². The summed E-state index contributed by atoms with van der Waals surface area (Å²) in [6.45, 7) is 0. The van der Waals surface area contributed by atoms with E-state index in [1.54, 1.807) is 42.5 Å². The molecule has 2 N–H and O–H groups in total. The summed E-state index contributed by atoms with van der Waals surface area (Å²) in [6.07, 6.45) is 1.09. The van der Waals surface area contributed by atoms with E-state index in [0.29, 0.717) is 21.4 Å². The molecule has 31 heavy (non-hydrogen) atoms. The molecule has 0 saturated carbocycles. The van der Waals surface area contributed by atoms with Crippen LogP contribution in [0, 0.1) is 5.82 Å². The molecule has 0 radical (unpaired) electrons. The Bertz CT molecular complexity index is 1330. The first-order valence-corrected chi connectivity index (χ1v) is 12.6. The summed E-state index contributed by atoms with van der Waals surface area (Å²) < 4.78 is 38.1. The minimum absolute atomic E-state index is 0.271. The van der Waals surface area contributed by atoms with E-state index in [9.17, 15) is 17.6 Å². The topological polar surface area (TPSA) is 88.2 Å². The van der Waals surface area contributed by atoms with Gasteiger partial charge in [0, 0.05) is 21.5 Å². The number of rotatable bonds is 6. The fourth-order valence-electron chi connectivity index (χ4n) is 2.77. The number of amides is 1. The van der Waals surface area contributed by atoms with Gasteiger partial charge in [0.2, 0.25) is 10.0 Å². The smallest absolute Gasteiger partial charge is 0.267 e. The number of sulfonamides is 1. The van der Waals surface area contributed by atoms with Crippen LogP contribution in [0.25, 0.3) is 21.7 Å². The van der Waals surface area contributed by atoms with Gasteiger partial charge in [-0.2, -0.15) is 0 Å². The first kappa shape index (κ1) is 21.2. The third-order valence-corrected chi connectivity index (χ3v) is 6.66. The highest BCUT2D eigenvalue weighted by atomic mass is 32.2. The predicted octanol–water partition coefficient (Wildman–Crippen LogP) is 5.30. The summed E-state index contributed by atoms with van der Waals surface area (Å²) >= 11 is 2.61. The van der Waals surface area contributed by atoms with E-state index < -0.39 is 10.0 Å². The number of carbonyl (C=O) groups is 1. The molecule has 0 unspecified atom stereocenters. The molecule has 0 aliphatic rings. The van der Waals surface area contributed by atoms with Gasteiger partial charge in [-0.15, -0.1) is 22.7 Å². The molecule has 158 valence electrons. The Morgan fingerprint density at radius 3 is 2.32 bits per heavy atom. The van der Waals surface area contributed by atoms with Crippen LogP contribution in [-0.2, 0) is 10.0 Å². The van der Waals surface area contributed by atoms with Crippen molar-refractivity contribution in [3.63, 3.8) is 0 Å². The van der Waals surface area contributed by atoms with Crippen molar-refractivity contribution in [1.29, 1.82) is 0 Å². The van der Waals surface area contributed by atoms with Crippen molar-refractivity contribution in [3.8, 4) is 21.7 Å². The highest BCUT2D eigenvalue weighted by Crippen LogP contribution is 2.30. The number of hydrogen-bond acceptors (Lipinski definition) is 6. The zero-order valence-corrected chi connectivity index (χ0v) is 18.6. The zero-order chi connectivity index (χ0) is 22.0. The fourth-order valence-corrected chi connectivity index (χ4v) is 4.96. The quantitative estimate of drug-likeness (QED) is 0.398. The van der Waals surface area contributed by atoms with Gasteiger partial charge in [-0.25, -0.2) is 17.8 Å². The molecule has 10 heteroatoms. The van der Waals surface area contributed by atoms with E-state index in [2.05, 4.69) is 15.0 Å². The summed E-state index contributed by atoms with van der Waals surface area (Å²) in [7, 11) is -3.34. The molecule has 2 aromatic heterocycles. The van der Waals surface area contributed by atoms with Crippen molar-refractivity contribution < 1.29 is 17.6 Å². The summed E-state index contributed by atoms with van der Waals surface area (Å²) in [5.41, 5.74) is 2.77. The number of nitrogens with one attached hydrogen (secondary N) is 2. The lowest BCUT2D eigenvalue weighted by atomic mass is 10.1. The highest BCUT2D eigenvalue weighted by molar-refractivity contribution is 7.92. The Labute approximate surface area is 186 Å². The molecule has 4 aromatic rings. The lowest BCUT2D eigenvalue weighted by Crippen LogP contribution is -2.09. The van der Waals surface area contributed by atoms with Crippen LogP contribution in [0.15, 0.2) is 66.0 Å². The number of halogens is 1. The molecular formula is C21H16FN3O3S3. The number of thiophene rings is 1. The summed E-state index contributed by atoms with van der Waals surface area (Å²) in [4.78, 5) is 18.4. The molecule has 0 saturated heterocycles. The van der Waals surface area contributed by atoms with Gasteiger partial charge in [-0.3, -0.25) is 14.8 Å². The molecular weight excluding hydrogens is 457 g/mol. The monoisotopic (exact) mass is 473 g/mol. The van der Waals surface area contributed by atoms with Crippen LogP contribution >= 0.6 is 22.7 Å². The maximum Gasteiger partial charge on any atom is 0.267 e. The van der Waals surface area contributed by atoms with E-state index in [0.717, 1.165) is 22.3 Å². The molecule has 0 bridgehead atoms. The van der Waals surface area contributed by atoms with E-state index >= 15 is 0 Å². The van der Waals surface area contributed by atoms with Crippen LogP contribution in [0.3, 0.4) is 0 Å². The summed E-state index contributed by atoms with van der Waals surface area (Å²) in [5.74, 6) is -0.578. The molecule has 0 aliphatic carbocycles. The van der Waals surface area contributed by atoms with E-state index in [1.807, 2.05) is 11.4 Å². The normalized spacial score (nSPS) is 11.3. The van der Waals surface area contributed by atoms with Gasteiger partial charge in [-0.05, 0) is 42.0 Å². The number of nitrogens with zero attached hydrogens (tertiary/aromatic N) is 1. The van der Waals surface area contributed by atoms with Crippen molar-refractivity contribution in [2.24, 2.45) is 0 Å². The van der Waals surface area contributed by atoms with Gasteiger partial charge >= 0.3 is 0 Å². The summed E-state index contributed by atoms with van der Waals surface area (Å²) in [6, 6.07) is 16.5. The molecule has 2 aromatic carbocycles. The fraction of sp³-hybridized carbons (Fsp3) is 0.0476. The van der Waals surface area contributed by atoms with Crippen molar-refractivity contribution in [2.45, 2.75) is 0 Å². The number of anilines is 2. The maximum absolute atomic E-state index is 13.1. The minimum atomic E-state index is -3.34. The van der Waals surface area contributed by atoms with Gasteiger partial charge in [0.25, 0.3) is 5.91 Å². The summed E-state index contributed by atoms with van der Waals surface area (Å²) in [5, 5.41) is 5.06. The predicted molar refractivity (Wildman–Crippen MR) is 124 cm³/mol. The second-order valence-corrected chi connectivity index (χ2v) is 10.3. The maximum atomic E-state index is 13.1. The molecule has 0 fully saturated rings. The Balaban J connectivity index is 1.44. The lowest BCUT2D eigenvalue weighted by molar-refractivity contribution is 0.103. The van der Waals surface area contributed by atoms with Crippen LogP contribution in [0.5, 0.6) is 0 Å². The van der Waals surface area contributed by atoms with E-state index in [4.69, 9.17) is 0 Å². The van der Waals surface area contributed by atoms with Crippen LogP contribution in [-0.4, -0.2) is 25.6 Å². The van der Waals surface area contributed by atoms with Gasteiger partial charge < -0.3 is 0 Å². The van der Waals surface area contributed by atoms with Crippen molar-refractivity contribution in [1.82, 2.24) is 4.98 Å². The van der Waals surface area contributed by atoms with Crippen molar-refractivity contribution >= 4 is 49.4 Å². The van der Waals surface area contributed by atoms with E-state index in [-0.39, 0.29) is 11.7 Å². The second kappa shape index (κ2) is 8.58. The Morgan fingerprint density at radius 2 is 1.65 bits per heavy atom. The van der Waals surface area contributed by atoms with Crippen LogP contribution in [0.4, 0.5) is 15.2 Å². The number of aromatic nitrogens is 1. The Morgan fingerprint density at radius 1 is 0.968 bits per heavy atom. The average molecular weight is 474 g/mol. The largest absolute Gasteiger partial charge is 0.297 e. The highest BCUT2D eigenvalue weighted by Gasteiger charge is 2.13. The van der Waals surface area contributed by atoms with Gasteiger partial charge in [0.1, 0.15) is 5.82 Å². The second-order valence-electron chi connectivity index (χ2n) is 6.61.